The lowest BCUT2D eigenvalue weighted by molar-refractivity contribution is 0.537. The molecule has 2 aromatic rings. The van der Waals surface area contributed by atoms with Crippen molar-refractivity contribution >= 4 is 11.3 Å². The molecule has 0 fully saturated rings. The SMILES string of the molecule is CC(NCc1csc(C(C)(C)C)n1)c1ncn[nH]1. The highest BCUT2D eigenvalue weighted by molar-refractivity contribution is 7.09. The number of rotatable bonds is 4. The van der Waals surface area contributed by atoms with Crippen LogP contribution in [0.25, 0.3) is 0 Å². The maximum Gasteiger partial charge on any atom is 0.141 e. The van der Waals surface area contributed by atoms with Gasteiger partial charge < -0.3 is 5.32 Å². The first kappa shape index (κ1) is 13.2. The number of aromatic nitrogens is 4. The van der Waals surface area contributed by atoms with Gasteiger partial charge in [-0.25, -0.2) is 9.97 Å². The van der Waals surface area contributed by atoms with Crippen LogP contribution in [0, 0.1) is 0 Å². The van der Waals surface area contributed by atoms with E-state index in [2.05, 4.69) is 58.6 Å². The fourth-order valence-corrected chi connectivity index (χ4v) is 2.42. The first-order valence-corrected chi connectivity index (χ1v) is 6.88. The summed E-state index contributed by atoms with van der Waals surface area (Å²) in [6, 6.07) is 0.146. The minimum atomic E-state index is 0.124. The molecule has 1 atom stereocenters. The molecule has 0 radical (unpaired) electrons. The summed E-state index contributed by atoms with van der Waals surface area (Å²) in [4.78, 5) is 8.77. The summed E-state index contributed by atoms with van der Waals surface area (Å²) >= 11 is 1.72. The highest BCUT2D eigenvalue weighted by Crippen LogP contribution is 2.25. The maximum atomic E-state index is 4.64. The summed E-state index contributed by atoms with van der Waals surface area (Å²) in [6.07, 6.45) is 1.52. The van der Waals surface area contributed by atoms with Crippen molar-refractivity contribution in [3.05, 3.63) is 28.2 Å². The Morgan fingerprint density at radius 3 is 2.78 bits per heavy atom. The quantitative estimate of drug-likeness (QED) is 0.891. The second-order valence-corrected chi connectivity index (χ2v) is 6.23. The van der Waals surface area contributed by atoms with Crippen LogP contribution in [0.15, 0.2) is 11.7 Å². The Morgan fingerprint density at radius 1 is 1.44 bits per heavy atom. The van der Waals surface area contributed by atoms with Crippen LogP contribution in [0.3, 0.4) is 0 Å². The number of hydrogen-bond acceptors (Lipinski definition) is 5. The summed E-state index contributed by atoms with van der Waals surface area (Å²) in [5.41, 5.74) is 1.20. The van der Waals surface area contributed by atoms with Crippen molar-refractivity contribution in [3.63, 3.8) is 0 Å². The number of H-pyrrole nitrogens is 1. The third kappa shape index (κ3) is 3.14. The molecule has 0 aromatic carbocycles. The van der Waals surface area contributed by atoms with Crippen molar-refractivity contribution in [1.29, 1.82) is 0 Å². The van der Waals surface area contributed by atoms with E-state index in [4.69, 9.17) is 0 Å². The highest BCUT2D eigenvalue weighted by atomic mass is 32.1. The van der Waals surface area contributed by atoms with Crippen LogP contribution in [0.1, 0.15) is 50.3 Å². The van der Waals surface area contributed by atoms with Gasteiger partial charge in [0, 0.05) is 17.3 Å². The third-order valence-electron chi connectivity index (χ3n) is 2.63. The standard InChI is InChI=1S/C12H19N5S/c1-8(10-14-7-15-17-10)13-5-9-6-18-11(16-9)12(2,3)4/h6-8,13H,5H2,1-4H3,(H,14,15,17). The fourth-order valence-electron chi connectivity index (χ4n) is 1.51. The zero-order valence-corrected chi connectivity index (χ0v) is 12.0. The molecule has 18 heavy (non-hydrogen) atoms. The van der Waals surface area contributed by atoms with E-state index in [9.17, 15) is 0 Å². The zero-order valence-electron chi connectivity index (χ0n) is 11.2. The molecule has 0 aliphatic heterocycles. The molecule has 2 N–H and O–H groups in total. The molecule has 0 aliphatic carbocycles. The lowest BCUT2D eigenvalue weighted by atomic mass is 9.98. The smallest absolute Gasteiger partial charge is 0.141 e. The maximum absolute atomic E-state index is 4.64. The Hall–Kier alpha value is -1.27. The van der Waals surface area contributed by atoms with Crippen LogP contribution < -0.4 is 5.32 Å². The molecule has 0 amide bonds. The van der Waals surface area contributed by atoms with E-state index in [0.29, 0.717) is 0 Å². The molecule has 1 unspecified atom stereocenters. The van der Waals surface area contributed by atoms with E-state index in [0.717, 1.165) is 18.1 Å². The summed E-state index contributed by atoms with van der Waals surface area (Å²) in [6.45, 7) is 9.34. The predicted molar refractivity (Wildman–Crippen MR) is 72.5 cm³/mol. The van der Waals surface area contributed by atoms with Gasteiger partial charge in [0.25, 0.3) is 0 Å². The van der Waals surface area contributed by atoms with Gasteiger partial charge in [0.05, 0.1) is 16.7 Å². The van der Waals surface area contributed by atoms with Gasteiger partial charge in [-0.1, -0.05) is 20.8 Å². The van der Waals surface area contributed by atoms with Gasteiger partial charge in [-0.2, -0.15) is 5.10 Å². The lowest BCUT2D eigenvalue weighted by Crippen LogP contribution is -2.19. The van der Waals surface area contributed by atoms with E-state index in [1.807, 2.05) is 0 Å². The Bertz CT molecular complexity index is 483. The number of nitrogens with zero attached hydrogens (tertiary/aromatic N) is 3. The summed E-state index contributed by atoms with van der Waals surface area (Å²) in [7, 11) is 0. The molecule has 2 rings (SSSR count). The molecule has 2 heterocycles. The van der Waals surface area contributed by atoms with Crippen molar-refractivity contribution in [2.24, 2.45) is 0 Å². The number of hydrogen-bond donors (Lipinski definition) is 2. The Morgan fingerprint density at radius 2 is 2.22 bits per heavy atom. The van der Waals surface area contributed by atoms with E-state index < -0.39 is 0 Å². The minimum absolute atomic E-state index is 0.124. The van der Waals surface area contributed by atoms with E-state index in [1.54, 1.807) is 11.3 Å². The monoisotopic (exact) mass is 265 g/mol. The molecular formula is C12H19N5S. The van der Waals surface area contributed by atoms with Crippen molar-refractivity contribution in [3.8, 4) is 0 Å². The molecule has 0 aliphatic rings. The second kappa shape index (κ2) is 5.16. The van der Waals surface area contributed by atoms with Crippen LogP contribution in [0.2, 0.25) is 0 Å². The van der Waals surface area contributed by atoms with E-state index in [-0.39, 0.29) is 11.5 Å². The molecule has 0 bridgehead atoms. The lowest BCUT2D eigenvalue weighted by Gasteiger charge is -2.13. The third-order valence-corrected chi connectivity index (χ3v) is 3.94. The second-order valence-electron chi connectivity index (χ2n) is 5.37. The predicted octanol–water partition coefficient (Wildman–Crippen LogP) is 2.41. The van der Waals surface area contributed by atoms with Gasteiger partial charge in [0.1, 0.15) is 12.2 Å². The molecule has 0 spiro atoms. The molecule has 6 heteroatoms. The van der Waals surface area contributed by atoms with E-state index in [1.165, 1.54) is 11.3 Å². The first-order chi connectivity index (χ1) is 8.47. The van der Waals surface area contributed by atoms with Gasteiger partial charge in [-0.15, -0.1) is 11.3 Å². The van der Waals surface area contributed by atoms with Crippen molar-refractivity contribution in [1.82, 2.24) is 25.5 Å². The zero-order chi connectivity index (χ0) is 13.2. The van der Waals surface area contributed by atoms with Crippen LogP contribution in [-0.4, -0.2) is 20.2 Å². The largest absolute Gasteiger partial charge is 0.302 e. The molecule has 0 saturated carbocycles. The number of nitrogens with one attached hydrogen (secondary N) is 2. The molecule has 2 aromatic heterocycles. The molecule has 0 saturated heterocycles. The van der Waals surface area contributed by atoms with Gasteiger partial charge in [0.2, 0.25) is 0 Å². The topological polar surface area (TPSA) is 66.5 Å². The minimum Gasteiger partial charge on any atom is -0.302 e. The number of aromatic amines is 1. The van der Waals surface area contributed by atoms with Gasteiger partial charge in [-0.05, 0) is 6.92 Å². The summed E-state index contributed by atoms with van der Waals surface area (Å²) in [5, 5.41) is 13.4. The molecule has 5 nitrogen and oxygen atoms in total. The Kier molecular flexibility index (Phi) is 3.77. The van der Waals surface area contributed by atoms with E-state index >= 15 is 0 Å². The van der Waals surface area contributed by atoms with Gasteiger partial charge in [0.15, 0.2) is 0 Å². The van der Waals surface area contributed by atoms with Gasteiger partial charge >= 0.3 is 0 Å². The summed E-state index contributed by atoms with van der Waals surface area (Å²) in [5.74, 6) is 0.848. The average molecular weight is 265 g/mol. The molecule has 98 valence electrons. The van der Waals surface area contributed by atoms with Crippen LogP contribution in [-0.2, 0) is 12.0 Å². The van der Waals surface area contributed by atoms with Crippen molar-refractivity contribution in [2.75, 3.05) is 0 Å². The fraction of sp³-hybridized carbons (Fsp3) is 0.583. The number of thiazole rings is 1. The average Bonchev–Trinajstić information content (AvgIpc) is 2.96. The Balaban J connectivity index is 1.93. The van der Waals surface area contributed by atoms with Crippen molar-refractivity contribution < 1.29 is 0 Å². The first-order valence-electron chi connectivity index (χ1n) is 6.00. The van der Waals surface area contributed by atoms with Crippen molar-refractivity contribution in [2.45, 2.75) is 45.7 Å². The van der Waals surface area contributed by atoms with Crippen LogP contribution in [0.5, 0.6) is 0 Å². The van der Waals surface area contributed by atoms with Crippen LogP contribution in [0.4, 0.5) is 0 Å². The highest BCUT2D eigenvalue weighted by Gasteiger charge is 2.18. The Labute approximate surface area is 111 Å². The normalized spacial score (nSPS) is 13.8. The van der Waals surface area contributed by atoms with Gasteiger partial charge in [-0.3, -0.25) is 5.10 Å². The summed E-state index contributed by atoms with van der Waals surface area (Å²) < 4.78 is 0. The molecular weight excluding hydrogens is 246 g/mol. The van der Waals surface area contributed by atoms with Crippen LogP contribution >= 0.6 is 11.3 Å².